The first-order valence-electron chi connectivity index (χ1n) is 9.95. The molecule has 1 aromatic carbocycles. The Morgan fingerprint density at radius 3 is 2.64 bits per heavy atom. The minimum absolute atomic E-state index is 0.137. The zero-order valence-electron chi connectivity index (χ0n) is 17.4. The number of likely N-dealkylation sites (N-methyl/N-ethyl adjacent to an activating group) is 2. The van der Waals surface area contributed by atoms with Crippen LogP contribution in [0.15, 0.2) is 29.2 Å². The molecule has 1 aliphatic rings. The van der Waals surface area contributed by atoms with E-state index in [9.17, 15) is 13.2 Å². The molecule has 0 spiro atoms. The second-order valence-electron chi connectivity index (χ2n) is 7.34. The average Bonchev–Trinajstić information content (AvgIpc) is 3.12. The van der Waals surface area contributed by atoms with Crippen molar-refractivity contribution in [1.82, 2.24) is 14.1 Å². The van der Waals surface area contributed by atoms with Gasteiger partial charge < -0.3 is 9.64 Å². The molecule has 1 unspecified atom stereocenters. The molecule has 0 amide bonds. The number of benzene rings is 1. The molecule has 0 radical (unpaired) electrons. The van der Waals surface area contributed by atoms with Gasteiger partial charge in [0.05, 0.1) is 17.1 Å². The topological polar surface area (TPSA) is 70.2 Å². The molecule has 0 saturated carbocycles. The summed E-state index contributed by atoms with van der Waals surface area (Å²) in [6.45, 7) is 7.53. The fraction of sp³-hybridized carbons (Fsp3) is 0.650. The van der Waals surface area contributed by atoms with Crippen molar-refractivity contribution in [1.29, 1.82) is 0 Å². The zero-order chi connectivity index (χ0) is 20.7. The van der Waals surface area contributed by atoms with Gasteiger partial charge >= 0.3 is 5.97 Å². The second kappa shape index (κ2) is 10.3. The third-order valence-corrected chi connectivity index (χ3v) is 6.96. The van der Waals surface area contributed by atoms with Crippen molar-refractivity contribution >= 4 is 16.0 Å². The Balaban J connectivity index is 2.29. The summed E-state index contributed by atoms with van der Waals surface area (Å²) in [4.78, 5) is 16.5. The van der Waals surface area contributed by atoms with Gasteiger partial charge in [0.1, 0.15) is 0 Å². The maximum absolute atomic E-state index is 13.4. The maximum atomic E-state index is 13.4. The van der Waals surface area contributed by atoms with E-state index in [1.54, 1.807) is 29.4 Å². The fourth-order valence-corrected chi connectivity index (χ4v) is 5.04. The molecule has 0 aliphatic carbocycles. The third-order valence-electron chi connectivity index (χ3n) is 5.10. The molecule has 0 N–H and O–H groups in total. The van der Waals surface area contributed by atoms with Crippen LogP contribution < -0.4 is 0 Å². The van der Waals surface area contributed by atoms with Gasteiger partial charge in [0, 0.05) is 25.7 Å². The number of carbonyl (C=O) groups excluding carboxylic acids is 1. The number of hydrogen-bond acceptors (Lipinski definition) is 6. The van der Waals surface area contributed by atoms with Crippen LogP contribution in [-0.2, 0) is 14.8 Å². The molecule has 1 aliphatic heterocycles. The van der Waals surface area contributed by atoms with Crippen LogP contribution in [0, 0.1) is 0 Å². The van der Waals surface area contributed by atoms with Gasteiger partial charge in [-0.3, -0.25) is 4.90 Å². The number of hydrogen-bond donors (Lipinski definition) is 0. The smallest absolute Gasteiger partial charge is 0.338 e. The fourth-order valence-electron chi connectivity index (χ4n) is 3.52. The Morgan fingerprint density at radius 2 is 2.00 bits per heavy atom. The van der Waals surface area contributed by atoms with Crippen molar-refractivity contribution in [2.24, 2.45) is 0 Å². The lowest BCUT2D eigenvalue weighted by Gasteiger charge is -2.30. The highest BCUT2D eigenvalue weighted by Crippen LogP contribution is 2.23. The van der Waals surface area contributed by atoms with E-state index in [2.05, 4.69) is 11.8 Å². The summed E-state index contributed by atoms with van der Waals surface area (Å²) in [6, 6.07) is 6.37. The van der Waals surface area contributed by atoms with Crippen molar-refractivity contribution in [3.8, 4) is 0 Å². The number of carbonyl (C=O) groups is 1. The van der Waals surface area contributed by atoms with Gasteiger partial charge in [-0.05, 0) is 65.1 Å². The van der Waals surface area contributed by atoms with Crippen LogP contribution in [0.3, 0.4) is 0 Å². The van der Waals surface area contributed by atoms with Crippen LogP contribution in [-0.4, -0.2) is 88.0 Å². The molecule has 1 aromatic rings. The first-order chi connectivity index (χ1) is 13.3. The largest absolute Gasteiger partial charge is 0.462 e. The normalized spacial score (nSPS) is 18.1. The lowest BCUT2D eigenvalue weighted by atomic mass is 10.2. The molecule has 1 fully saturated rings. The molecule has 2 rings (SSSR count). The highest BCUT2D eigenvalue weighted by atomic mass is 32.2. The van der Waals surface area contributed by atoms with Gasteiger partial charge in [-0.25, -0.2) is 13.2 Å². The zero-order valence-corrected chi connectivity index (χ0v) is 18.2. The van der Waals surface area contributed by atoms with Crippen LogP contribution in [0.5, 0.6) is 0 Å². The summed E-state index contributed by atoms with van der Waals surface area (Å²) in [5.74, 6) is -0.507. The first kappa shape index (κ1) is 22.8. The molecular weight excluding hydrogens is 378 g/mol. The molecule has 0 bridgehead atoms. The predicted molar refractivity (Wildman–Crippen MR) is 110 cm³/mol. The Bertz CT molecular complexity index is 752. The Morgan fingerprint density at radius 1 is 1.25 bits per heavy atom. The van der Waals surface area contributed by atoms with Crippen LogP contribution in [0.25, 0.3) is 0 Å². The monoisotopic (exact) mass is 411 g/mol. The van der Waals surface area contributed by atoms with E-state index in [4.69, 9.17) is 4.74 Å². The van der Waals surface area contributed by atoms with Crippen molar-refractivity contribution in [3.05, 3.63) is 29.8 Å². The average molecular weight is 412 g/mol. The number of rotatable bonds is 10. The molecule has 7 nitrogen and oxygen atoms in total. The quantitative estimate of drug-likeness (QED) is 0.548. The maximum Gasteiger partial charge on any atom is 0.338 e. The van der Waals surface area contributed by atoms with Crippen molar-refractivity contribution in [2.45, 2.75) is 37.6 Å². The SMILES string of the molecule is CCOC(=O)c1cccc(S(=O)(=O)N(CCN(C)C)CC2CCCN2CC)c1. The van der Waals surface area contributed by atoms with Crippen LogP contribution in [0.4, 0.5) is 0 Å². The Hall–Kier alpha value is -1.48. The van der Waals surface area contributed by atoms with E-state index in [1.807, 2.05) is 19.0 Å². The summed E-state index contributed by atoms with van der Waals surface area (Å²) in [7, 11) is 0.147. The predicted octanol–water partition coefficient (Wildman–Crippen LogP) is 1.90. The van der Waals surface area contributed by atoms with Gasteiger partial charge in [0.25, 0.3) is 0 Å². The highest BCUT2D eigenvalue weighted by molar-refractivity contribution is 7.89. The van der Waals surface area contributed by atoms with Crippen LogP contribution in [0.2, 0.25) is 0 Å². The van der Waals surface area contributed by atoms with Gasteiger partial charge in [0.15, 0.2) is 0 Å². The minimum atomic E-state index is -3.71. The second-order valence-corrected chi connectivity index (χ2v) is 9.28. The molecule has 158 valence electrons. The van der Waals surface area contributed by atoms with Gasteiger partial charge in [0.2, 0.25) is 10.0 Å². The number of ether oxygens (including phenoxy) is 1. The van der Waals surface area contributed by atoms with E-state index in [0.29, 0.717) is 19.6 Å². The summed E-state index contributed by atoms with van der Waals surface area (Å²) >= 11 is 0. The number of esters is 1. The first-order valence-corrected chi connectivity index (χ1v) is 11.4. The van der Waals surface area contributed by atoms with E-state index < -0.39 is 16.0 Å². The van der Waals surface area contributed by atoms with E-state index >= 15 is 0 Å². The molecule has 28 heavy (non-hydrogen) atoms. The molecule has 8 heteroatoms. The Kier molecular flexibility index (Phi) is 8.42. The van der Waals surface area contributed by atoms with Crippen molar-refractivity contribution in [2.75, 3.05) is 53.4 Å². The summed E-state index contributed by atoms with van der Waals surface area (Å²) in [5.41, 5.74) is 0.256. The summed E-state index contributed by atoms with van der Waals surface area (Å²) in [6.07, 6.45) is 2.10. The van der Waals surface area contributed by atoms with Crippen LogP contribution in [0.1, 0.15) is 37.0 Å². The van der Waals surface area contributed by atoms with E-state index in [0.717, 1.165) is 25.9 Å². The summed E-state index contributed by atoms with van der Waals surface area (Å²) < 4.78 is 33.4. The Labute approximate surface area is 169 Å². The molecular formula is C20H33N3O4S. The van der Waals surface area contributed by atoms with E-state index in [1.165, 1.54) is 6.07 Å². The van der Waals surface area contributed by atoms with Crippen molar-refractivity contribution < 1.29 is 17.9 Å². The number of nitrogens with zero attached hydrogens (tertiary/aromatic N) is 3. The molecule has 1 saturated heterocycles. The number of likely N-dealkylation sites (tertiary alicyclic amines) is 1. The van der Waals surface area contributed by atoms with Gasteiger partial charge in [-0.1, -0.05) is 13.0 Å². The standard InChI is InChI=1S/C20H33N3O4S/c1-5-22-12-8-10-18(22)16-23(14-13-21(3)4)28(25,26)19-11-7-9-17(15-19)20(24)27-6-2/h7,9,11,15,18H,5-6,8,10,12-14,16H2,1-4H3. The lowest BCUT2D eigenvalue weighted by molar-refractivity contribution is 0.0526. The van der Waals surface area contributed by atoms with Gasteiger partial charge in [-0.15, -0.1) is 0 Å². The van der Waals surface area contributed by atoms with E-state index in [-0.39, 0.29) is 23.1 Å². The lowest BCUT2D eigenvalue weighted by Crippen LogP contribution is -2.45. The molecule has 1 heterocycles. The highest BCUT2D eigenvalue weighted by Gasteiger charge is 2.31. The van der Waals surface area contributed by atoms with Crippen molar-refractivity contribution in [3.63, 3.8) is 0 Å². The minimum Gasteiger partial charge on any atom is -0.462 e. The van der Waals surface area contributed by atoms with Crippen LogP contribution >= 0.6 is 0 Å². The molecule has 0 aromatic heterocycles. The summed E-state index contributed by atoms with van der Waals surface area (Å²) in [5, 5.41) is 0. The van der Waals surface area contributed by atoms with Gasteiger partial charge in [-0.2, -0.15) is 4.31 Å². The number of sulfonamides is 1. The third kappa shape index (κ3) is 5.76. The molecule has 1 atom stereocenters.